The van der Waals surface area contributed by atoms with Crippen molar-refractivity contribution in [3.05, 3.63) is 55.6 Å². The predicted molar refractivity (Wildman–Crippen MR) is 110 cm³/mol. The van der Waals surface area contributed by atoms with E-state index in [1.165, 1.54) is 11.3 Å². The highest BCUT2D eigenvalue weighted by Crippen LogP contribution is 2.31. The molecule has 5 nitrogen and oxygen atoms in total. The lowest BCUT2D eigenvalue weighted by Gasteiger charge is -2.14. The summed E-state index contributed by atoms with van der Waals surface area (Å²) in [6.45, 7) is 1.81. The first-order valence-electron chi connectivity index (χ1n) is 7.98. The number of carbonyl (C=O) groups is 1. The number of benzene rings is 1. The van der Waals surface area contributed by atoms with Crippen molar-refractivity contribution in [2.24, 2.45) is 0 Å². The van der Waals surface area contributed by atoms with E-state index in [0.717, 1.165) is 10.6 Å². The van der Waals surface area contributed by atoms with Gasteiger partial charge in [0, 0.05) is 17.5 Å². The molecule has 27 heavy (non-hydrogen) atoms. The Morgan fingerprint density at radius 3 is 2.93 bits per heavy atom. The van der Waals surface area contributed by atoms with Crippen LogP contribution in [0.3, 0.4) is 0 Å². The summed E-state index contributed by atoms with van der Waals surface area (Å²) in [5.74, 6) is 0.111. The Morgan fingerprint density at radius 2 is 2.19 bits per heavy atom. The minimum absolute atomic E-state index is 0.0256. The van der Waals surface area contributed by atoms with Crippen molar-refractivity contribution in [2.45, 2.75) is 13.0 Å². The fourth-order valence-corrected chi connectivity index (χ4v) is 4.29. The van der Waals surface area contributed by atoms with E-state index >= 15 is 0 Å². The van der Waals surface area contributed by atoms with E-state index in [9.17, 15) is 9.90 Å². The standard InChI is InChI=1S/C18H16Cl2N2O3S2/c1-10-16(27-18(22-10)11-5-6-26-9-11)17(24)21-7-12(23)8-25-14-4-2-3-13(19)15(14)20/h2-6,9,12,23H,7-8H2,1H3,(H,21,24). The van der Waals surface area contributed by atoms with Gasteiger partial charge in [0.2, 0.25) is 0 Å². The average Bonchev–Trinajstić information content (AvgIpc) is 3.30. The molecule has 1 atom stereocenters. The predicted octanol–water partition coefficient (Wildman–Crippen LogP) is 4.66. The van der Waals surface area contributed by atoms with Crippen LogP contribution in [0.1, 0.15) is 15.4 Å². The van der Waals surface area contributed by atoms with Crippen molar-refractivity contribution in [3.63, 3.8) is 0 Å². The number of nitrogens with zero attached hydrogens (tertiary/aromatic N) is 1. The zero-order valence-electron chi connectivity index (χ0n) is 14.2. The Hall–Kier alpha value is -1.64. The van der Waals surface area contributed by atoms with Gasteiger partial charge in [-0.25, -0.2) is 4.98 Å². The van der Waals surface area contributed by atoms with Crippen LogP contribution in [-0.2, 0) is 0 Å². The summed E-state index contributed by atoms with van der Waals surface area (Å²) < 4.78 is 5.47. The molecule has 0 aliphatic carbocycles. The monoisotopic (exact) mass is 442 g/mol. The van der Waals surface area contributed by atoms with Crippen molar-refractivity contribution in [1.82, 2.24) is 10.3 Å². The lowest BCUT2D eigenvalue weighted by Crippen LogP contribution is -2.35. The molecule has 0 aliphatic rings. The first kappa shape index (κ1) is 20.1. The number of amides is 1. The summed E-state index contributed by atoms with van der Waals surface area (Å²) in [5.41, 5.74) is 1.66. The molecule has 0 aliphatic heterocycles. The van der Waals surface area contributed by atoms with Gasteiger partial charge >= 0.3 is 0 Å². The fourth-order valence-electron chi connectivity index (χ4n) is 2.25. The van der Waals surface area contributed by atoms with E-state index in [1.807, 2.05) is 16.8 Å². The van der Waals surface area contributed by atoms with Crippen LogP contribution in [0.15, 0.2) is 35.0 Å². The maximum Gasteiger partial charge on any atom is 0.263 e. The van der Waals surface area contributed by atoms with Crippen LogP contribution in [0.2, 0.25) is 10.0 Å². The third-order valence-corrected chi connectivity index (χ3v) is 6.31. The topological polar surface area (TPSA) is 71.5 Å². The zero-order chi connectivity index (χ0) is 19.4. The molecule has 0 bridgehead atoms. The van der Waals surface area contributed by atoms with Gasteiger partial charge in [0.05, 0.1) is 10.7 Å². The molecule has 1 unspecified atom stereocenters. The van der Waals surface area contributed by atoms with Crippen LogP contribution >= 0.6 is 45.9 Å². The van der Waals surface area contributed by atoms with E-state index in [-0.39, 0.29) is 24.1 Å². The molecular formula is C18H16Cl2N2O3S2. The highest BCUT2D eigenvalue weighted by Gasteiger charge is 2.18. The van der Waals surface area contributed by atoms with Gasteiger partial charge in [-0.05, 0) is 30.5 Å². The number of thiophene rings is 1. The van der Waals surface area contributed by atoms with E-state index in [0.29, 0.717) is 21.3 Å². The number of hydrogen-bond donors (Lipinski definition) is 2. The normalized spacial score (nSPS) is 12.0. The summed E-state index contributed by atoms with van der Waals surface area (Å²) in [6, 6.07) is 6.98. The Morgan fingerprint density at radius 1 is 1.37 bits per heavy atom. The molecule has 0 saturated heterocycles. The lowest BCUT2D eigenvalue weighted by atomic mass is 10.3. The van der Waals surface area contributed by atoms with Crippen LogP contribution in [0.5, 0.6) is 5.75 Å². The number of thiazole rings is 1. The highest BCUT2D eigenvalue weighted by molar-refractivity contribution is 7.17. The SMILES string of the molecule is Cc1nc(-c2ccsc2)sc1C(=O)NCC(O)COc1cccc(Cl)c1Cl. The maximum absolute atomic E-state index is 12.4. The fraction of sp³-hybridized carbons (Fsp3) is 0.222. The molecule has 2 N–H and O–H groups in total. The van der Waals surface area contributed by atoms with Crippen molar-refractivity contribution in [1.29, 1.82) is 0 Å². The number of nitrogens with one attached hydrogen (secondary N) is 1. The quantitative estimate of drug-likeness (QED) is 0.558. The van der Waals surface area contributed by atoms with Crippen molar-refractivity contribution < 1.29 is 14.6 Å². The Labute approximate surface area is 174 Å². The smallest absolute Gasteiger partial charge is 0.263 e. The molecular weight excluding hydrogens is 427 g/mol. The number of ether oxygens (including phenoxy) is 1. The van der Waals surface area contributed by atoms with Crippen molar-refractivity contribution in [2.75, 3.05) is 13.2 Å². The van der Waals surface area contributed by atoms with Gasteiger partial charge < -0.3 is 15.2 Å². The van der Waals surface area contributed by atoms with Gasteiger partial charge in [0.15, 0.2) is 0 Å². The Bertz CT molecular complexity index is 929. The number of rotatable bonds is 7. The first-order valence-corrected chi connectivity index (χ1v) is 10.5. The van der Waals surface area contributed by atoms with Gasteiger partial charge in [0.1, 0.15) is 33.4 Å². The second-order valence-electron chi connectivity index (χ2n) is 5.67. The van der Waals surface area contributed by atoms with Crippen LogP contribution in [-0.4, -0.2) is 35.3 Å². The van der Waals surface area contributed by atoms with Gasteiger partial charge in [-0.3, -0.25) is 4.79 Å². The Kier molecular flexibility index (Phi) is 6.73. The van der Waals surface area contributed by atoms with E-state index < -0.39 is 6.10 Å². The molecule has 142 valence electrons. The second kappa shape index (κ2) is 9.03. The molecule has 1 amide bonds. The van der Waals surface area contributed by atoms with Gasteiger partial charge in [0.25, 0.3) is 5.91 Å². The summed E-state index contributed by atoms with van der Waals surface area (Å²) in [7, 11) is 0. The molecule has 0 radical (unpaired) electrons. The molecule has 0 saturated carbocycles. The number of aromatic nitrogens is 1. The highest BCUT2D eigenvalue weighted by atomic mass is 35.5. The third kappa shape index (κ3) is 5.00. The van der Waals surface area contributed by atoms with E-state index in [1.54, 1.807) is 36.5 Å². The molecule has 3 rings (SSSR count). The van der Waals surface area contributed by atoms with Gasteiger partial charge in [-0.1, -0.05) is 29.3 Å². The molecule has 3 aromatic rings. The first-order chi connectivity index (χ1) is 13.0. The van der Waals surface area contributed by atoms with E-state index in [4.69, 9.17) is 27.9 Å². The van der Waals surface area contributed by atoms with Gasteiger partial charge in [-0.15, -0.1) is 11.3 Å². The largest absolute Gasteiger partial charge is 0.489 e. The average molecular weight is 443 g/mol. The van der Waals surface area contributed by atoms with Crippen LogP contribution < -0.4 is 10.1 Å². The Balaban J connectivity index is 1.54. The lowest BCUT2D eigenvalue weighted by molar-refractivity contribution is 0.0846. The summed E-state index contributed by atoms with van der Waals surface area (Å²) in [5, 5.41) is 18.2. The van der Waals surface area contributed by atoms with Crippen LogP contribution in [0, 0.1) is 6.92 Å². The molecule has 1 aromatic carbocycles. The van der Waals surface area contributed by atoms with Gasteiger partial charge in [-0.2, -0.15) is 11.3 Å². The number of aliphatic hydroxyl groups excluding tert-OH is 1. The van der Waals surface area contributed by atoms with Crippen molar-refractivity contribution >= 4 is 51.8 Å². The molecule has 2 heterocycles. The minimum atomic E-state index is -0.895. The number of aryl methyl sites for hydroxylation is 1. The maximum atomic E-state index is 12.4. The van der Waals surface area contributed by atoms with Crippen LogP contribution in [0.25, 0.3) is 10.6 Å². The van der Waals surface area contributed by atoms with E-state index in [2.05, 4.69) is 10.3 Å². The minimum Gasteiger partial charge on any atom is -0.489 e. The zero-order valence-corrected chi connectivity index (χ0v) is 17.4. The van der Waals surface area contributed by atoms with Crippen molar-refractivity contribution in [3.8, 4) is 16.3 Å². The number of aliphatic hydroxyl groups is 1. The molecule has 9 heteroatoms. The molecule has 2 aromatic heterocycles. The molecule has 0 spiro atoms. The molecule has 0 fully saturated rings. The number of carbonyl (C=O) groups excluding carboxylic acids is 1. The summed E-state index contributed by atoms with van der Waals surface area (Å²) in [6.07, 6.45) is -0.895. The summed E-state index contributed by atoms with van der Waals surface area (Å²) in [4.78, 5) is 17.4. The third-order valence-electron chi connectivity index (χ3n) is 3.62. The summed E-state index contributed by atoms with van der Waals surface area (Å²) >= 11 is 14.9. The number of halogens is 2. The number of hydrogen-bond acceptors (Lipinski definition) is 6. The van der Waals surface area contributed by atoms with Crippen LogP contribution in [0.4, 0.5) is 0 Å². The second-order valence-corrected chi connectivity index (χ2v) is 8.24.